The van der Waals surface area contributed by atoms with Crippen molar-refractivity contribution >= 4 is 51.4 Å². The molecule has 0 bridgehead atoms. The van der Waals surface area contributed by atoms with Gasteiger partial charge in [0.25, 0.3) is 0 Å². The fourth-order valence-corrected chi connectivity index (χ4v) is 3.28. The van der Waals surface area contributed by atoms with E-state index in [1.165, 1.54) is 17.4 Å². The SMILES string of the molecule is Cc1nc(/C=C/C(=O)Nc2nc(-c3ccc(Cl)cc3)cs2)cs1. The Kier molecular flexibility index (Phi) is 4.85. The lowest BCUT2D eigenvalue weighted by Gasteiger charge is -1.97. The Bertz CT molecular complexity index is 852. The molecule has 3 aromatic rings. The maximum absolute atomic E-state index is 11.9. The Hall–Kier alpha value is -2.02. The molecule has 1 amide bonds. The molecular weight excluding hydrogens is 350 g/mol. The number of nitrogens with zero attached hydrogens (tertiary/aromatic N) is 2. The van der Waals surface area contributed by atoms with Crippen LogP contribution in [-0.2, 0) is 4.79 Å². The van der Waals surface area contributed by atoms with E-state index in [2.05, 4.69) is 15.3 Å². The van der Waals surface area contributed by atoms with E-state index in [1.54, 1.807) is 17.4 Å². The van der Waals surface area contributed by atoms with Crippen LogP contribution in [0, 0.1) is 6.92 Å². The van der Waals surface area contributed by atoms with Gasteiger partial charge in [0.1, 0.15) is 0 Å². The summed E-state index contributed by atoms with van der Waals surface area (Å²) in [5.74, 6) is -0.229. The highest BCUT2D eigenvalue weighted by Gasteiger charge is 2.06. The van der Waals surface area contributed by atoms with Crippen molar-refractivity contribution in [1.82, 2.24) is 9.97 Å². The van der Waals surface area contributed by atoms with Gasteiger partial charge in [-0.25, -0.2) is 9.97 Å². The maximum Gasteiger partial charge on any atom is 0.250 e. The topological polar surface area (TPSA) is 54.9 Å². The van der Waals surface area contributed by atoms with Crippen molar-refractivity contribution in [2.45, 2.75) is 6.92 Å². The summed E-state index contributed by atoms with van der Waals surface area (Å²) >= 11 is 8.80. The van der Waals surface area contributed by atoms with Gasteiger partial charge in [0.15, 0.2) is 5.13 Å². The van der Waals surface area contributed by atoms with Crippen molar-refractivity contribution in [2.24, 2.45) is 0 Å². The molecule has 0 unspecified atom stereocenters. The fourth-order valence-electron chi connectivity index (χ4n) is 1.85. The molecule has 3 rings (SSSR count). The van der Waals surface area contributed by atoms with Gasteiger partial charge in [-0.2, -0.15) is 0 Å². The predicted octanol–water partition coefficient (Wildman–Crippen LogP) is 4.88. The van der Waals surface area contributed by atoms with E-state index in [1.807, 2.05) is 41.9 Å². The second-order valence-corrected chi connectivity index (χ2v) is 7.02. The van der Waals surface area contributed by atoms with Crippen molar-refractivity contribution in [3.63, 3.8) is 0 Å². The highest BCUT2D eigenvalue weighted by atomic mass is 35.5. The maximum atomic E-state index is 11.9. The van der Waals surface area contributed by atoms with E-state index in [9.17, 15) is 4.79 Å². The molecule has 2 aromatic heterocycles. The van der Waals surface area contributed by atoms with Gasteiger partial charge in [0.2, 0.25) is 5.91 Å². The molecule has 116 valence electrons. The molecule has 0 fully saturated rings. The zero-order valence-electron chi connectivity index (χ0n) is 12.1. The first kappa shape index (κ1) is 15.9. The first-order chi connectivity index (χ1) is 11.1. The molecule has 0 aliphatic rings. The van der Waals surface area contributed by atoms with E-state index in [4.69, 9.17) is 11.6 Å². The van der Waals surface area contributed by atoms with Crippen molar-refractivity contribution in [3.05, 3.63) is 56.8 Å². The van der Waals surface area contributed by atoms with Gasteiger partial charge in [-0.1, -0.05) is 23.7 Å². The third-order valence-electron chi connectivity index (χ3n) is 2.92. The molecule has 2 heterocycles. The monoisotopic (exact) mass is 361 g/mol. The van der Waals surface area contributed by atoms with Crippen LogP contribution in [0.1, 0.15) is 10.7 Å². The molecule has 23 heavy (non-hydrogen) atoms. The molecule has 0 aliphatic carbocycles. The number of anilines is 1. The van der Waals surface area contributed by atoms with E-state index in [-0.39, 0.29) is 5.91 Å². The molecule has 0 aliphatic heterocycles. The van der Waals surface area contributed by atoms with Gasteiger partial charge in [-0.15, -0.1) is 22.7 Å². The van der Waals surface area contributed by atoms with Gasteiger partial charge in [0, 0.05) is 27.4 Å². The number of hydrogen-bond donors (Lipinski definition) is 1. The molecule has 0 spiro atoms. The van der Waals surface area contributed by atoms with Crippen LogP contribution in [0.2, 0.25) is 5.02 Å². The van der Waals surface area contributed by atoms with Gasteiger partial charge >= 0.3 is 0 Å². The number of rotatable bonds is 4. The fraction of sp³-hybridized carbons (Fsp3) is 0.0625. The van der Waals surface area contributed by atoms with Gasteiger partial charge in [-0.05, 0) is 25.1 Å². The number of aromatic nitrogens is 2. The molecule has 0 saturated carbocycles. The minimum absolute atomic E-state index is 0.229. The van der Waals surface area contributed by atoms with Crippen LogP contribution in [0.3, 0.4) is 0 Å². The first-order valence-corrected chi connectivity index (χ1v) is 8.86. The second kappa shape index (κ2) is 7.04. The van der Waals surface area contributed by atoms with E-state index < -0.39 is 0 Å². The van der Waals surface area contributed by atoms with Crippen molar-refractivity contribution in [3.8, 4) is 11.3 Å². The summed E-state index contributed by atoms with van der Waals surface area (Å²) < 4.78 is 0. The van der Waals surface area contributed by atoms with Crippen molar-refractivity contribution < 1.29 is 4.79 Å². The van der Waals surface area contributed by atoms with Crippen LogP contribution < -0.4 is 5.32 Å². The summed E-state index contributed by atoms with van der Waals surface area (Å²) in [5.41, 5.74) is 2.55. The number of nitrogens with one attached hydrogen (secondary N) is 1. The van der Waals surface area contributed by atoms with Gasteiger partial charge < -0.3 is 0 Å². The molecule has 0 saturated heterocycles. The molecule has 1 aromatic carbocycles. The van der Waals surface area contributed by atoms with Crippen LogP contribution in [-0.4, -0.2) is 15.9 Å². The summed E-state index contributed by atoms with van der Waals surface area (Å²) in [7, 11) is 0. The van der Waals surface area contributed by atoms with Crippen LogP contribution in [0.5, 0.6) is 0 Å². The standard InChI is InChI=1S/C16H12ClN3OS2/c1-10-18-13(8-22-10)6-7-15(21)20-16-19-14(9-23-16)11-2-4-12(17)5-3-11/h2-9H,1H3,(H,19,20,21)/b7-6+. The Labute approximate surface area is 146 Å². The van der Waals surface area contributed by atoms with Gasteiger partial charge in [0.05, 0.1) is 16.4 Å². The van der Waals surface area contributed by atoms with E-state index >= 15 is 0 Å². The largest absolute Gasteiger partial charge is 0.298 e. The summed E-state index contributed by atoms with van der Waals surface area (Å²) in [6.45, 7) is 1.93. The minimum Gasteiger partial charge on any atom is -0.298 e. The molecule has 4 nitrogen and oxygen atoms in total. The Morgan fingerprint density at radius 3 is 2.65 bits per heavy atom. The van der Waals surface area contributed by atoms with Crippen LogP contribution >= 0.6 is 34.3 Å². The Morgan fingerprint density at radius 2 is 1.96 bits per heavy atom. The summed E-state index contributed by atoms with van der Waals surface area (Å²) in [5, 5.41) is 8.76. The zero-order chi connectivity index (χ0) is 16.2. The highest BCUT2D eigenvalue weighted by Crippen LogP contribution is 2.26. The van der Waals surface area contributed by atoms with E-state index in [0.29, 0.717) is 10.2 Å². The Balaban J connectivity index is 1.65. The lowest BCUT2D eigenvalue weighted by molar-refractivity contribution is -0.111. The summed E-state index contributed by atoms with van der Waals surface area (Å²) in [6, 6.07) is 7.42. The van der Waals surface area contributed by atoms with Crippen LogP contribution in [0.4, 0.5) is 5.13 Å². The molecule has 1 N–H and O–H groups in total. The number of carbonyl (C=O) groups excluding carboxylic acids is 1. The number of hydrogen-bond acceptors (Lipinski definition) is 5. The number of thiazole rings is 2. The summed E-state index contributed by atoms with van der Waals surface area (Å²) in [4.78, 5) is 20.6. The normalized spacial score (nSPS) is 11.0. The number of halogens is 1. The van der Waals surface area contributed by atoms with Crippen LogP contribution in [0.25, 0.3) is 17.3 Å². The van der Waals surface area contributed by atoms with Crippen LogP contribution in [0.15, 0.2) is 41.1 Å². The number of amides is 1. The number of carbonyl (C=O) groups is 1. The average Bonchev–Trinajstić information content (AvgIpc) is 3.15. The number of benzene rings is 1. The highest BCUT2D eigenvalue weighted by molar-refractivity contribution is 7.14. The quantitative estimate of drug-likeness (QED) is 0.674. The predicted molar refractivity (Wildman–Crippen MR) is 97.1 cm³/mol. The second-order valence-electron chi connectivity index (χ2n) is 4.66. The smallest absolute Gasteiger partial charge is 0.250 e. The first-order valence-electron chi connectivity index (χ1n) is 6.73. The molecule has 0 atom stereocenters. The number of aryl methyl sites for hydroxylation is 1. The average molecular weight is 362 g/mol. The third-order valence-corrected chi connectivity index (χ3v) is 4.72. The minimum atomic E-state index is -0.229. The molecular formula is C16H12ClN3OS2. The van der Waals surface area contributed by atoms with Gasteiger partial charge in [-0.3, -0.25) is 10.1 Å². The third kappa shape index (κ3) is 4.25. The summed E-state index contributed by atoms with van der Waals surface area (Å²) in [6.07, 6.45) is 3.14. The lowest BCUT2D eigenvalue weighted by Crippen LogP contribution is -2.07. The van der Waals surface area contributed by atoms with Crippen molar-refractivity contribution in [1.29, 1.82) is 0 Å². The Morgan fingerprint density at radius 1 is 1.17 bits per heavy atom. The lowest BCUT2D eigenvalue weighted by atomic mass is 10.2. The van der Waals surface area contributed by atoms with Crippen molar-refractivity contribution in [2.75, 3.05) is 5.32 Å². The molecule has 0 radical (unpaired) electrons. The van der Waals surface area contributed by atoms with E-state index in [0.717, 1.165) is 22.0 Å². The molecule has 7 heteroatoms. The zero-order valence-corrected chi connectivity index (χ0v) is 14.5.